The Balaban J connectivity index is 1.85. The van der Waals surface area contributed by atoms with Gasteiger partial charge < -0.3 is 20.9 Å². The van der Waals surface area contributed by atoms with Crippen LogP contribution in [0.5, 0.6) is 11.5 Å². The van der Waals surface area contributed by atoms with Gasteiger partial charge in [0.25, 0.3) is 0 Å². The Hall–Kier alpha value is -2.27. The molecule has 1 aromatic heterocycles. The highest BCUT2D eigenvalue weighted by molar-refractivity contribution is 5.45. The molecule has 0 spiro atoms. The number of aryl methyl sites for hydroxylation is 1. The van der Waals surface area contributed by atoms with Crippen molar-refractivity contribution in [3.63, 3.8) is 0 Å². The highest BCUT2D eigenvalue weighted by Gasteiger charge is 2.29. The molecule has 1 aliphatic heterocycles. The second-order valence-corrected chi connectivity index (χ2v) is 4.93. The number of nitrogens with two attached hydrogens (primary N) is 2. The van der Waals surface area contributed by atoms with Crippen LogP contribution in [-0.2, 0) is 0 Å². The molecule has 0 fully saturated rings. The van der Waals surface area contributed by atoms with E-state index < -0.39 is 0 Å². The molecule has 0 amide bonds. The van der Waals surface area contributed by atoms with Gasteiger partial charge in [0.05, 0.1) is 6.04 Å². The average molecular weight is 271 g/mol. The molecule has 5 heteroatoms. The van der Waals surface area contributed by atoms with E-state index >= 15 is 0 Å². The minimum atomic E-state index is -0.379. The molecular formula is C15H17N3O2. The van der Waals surface area contributed by atoms with Crippen LogP contribution in [0.25, 0.3) is 0 Å². The minimum Gasteiger partial charge on any atom is -0.486 e. The van der Waals surface area contributed by atoms with E-state index in [0.29, 0.717) is 18.2 Å². The van der Waals surface area contributed by atoms with Crippen LogP contribution in [0.3, 0.4) is 0 Å². The monoisotopic (exact) mass is 271 g/mol. The van der Waals surface area contributed by atoms with Gasteiger partial charge in [-0.3, -0.25) is 0 Å². The van der Waals surface area contributed by atoms with Gasteiger partial charge in [-0.05, 0) is 30.7 Å². The Morgan fingerprint density at radius 3 is 2.85 bits per heavy atom. The number of ether oxygens (including phenoxy) is 2. The highest BCUT2D eigenvalue weighted by Crippen LogP contribution is 2.34. The number of rotatable bonds is 2. The summed E-state index contributed by atoms with van der Waals surface area (Å²) in [6, 6.07) is 9.11. The van der Waals surface area contributed by atoms with Crippen molar-refractivity contribution in [3.8, 4) is 11.5 Å². The molecule has 0 saturated heterocycles. The third-order valence-electron chi connectivity index (χ3n) is 3.38. The Morgan fingerprint density at radius 2 is 2.05 bits per heavy atom. The zero-order valence-electron chi connectivity index (χ0n) is 11.2. The Morgan fingerprint density at radius 1 is 1.30 bits per heavy atom. The number of nitrogen functional groups attached to an aromatic ring is 1. The fourth-order valence-electron chi connectivity index (χ4n) is 2.28. The molecule has 2 heterocycles. The van der Waals surface area contributed by atoms with Gasteiger partial charge in [0.2, 0.25) is 0 Å². The Bertz CT molecular complexity index is 630. The molecule has 0 aliphatic carbocycles. The van der Waals surface area contributed by atoms with Gasteiger partial charge >= 0.3 is 0 Å². The standard InChI is InChI=1S/C15H17N3O2/c1-9-6-10(15(17)18-7-9)14(16)13-8-19-11-4-2-3-5-12(11)20-13/h2-7,13-14H,8,16H2,1H3,(H2,17,18). The third-order valence-corrected chi connectivity index (χ3v) is 3.38. The maximum absolute atomic E-state index is 6.27. The molecule has 1 aromatic carbocycles. The maximum atomic E-state index is 6.27. The van der Waals surface area contributed by atoms with Gasteiger partial charge in [0.1, 0.15) is 12.4 Å². The summed E-state index contributed by atoms with van der Waals surface area (Å²) in [6.45, 7) is 2.35. The molecular weight excluding hydrogens is 254 g/mol. The van der Waals surface area contributed by atoms with Crippen molar-refractivity contribution in [1.29, 1.82) is 0 Å². The fourth-order valence-corrected chi connectivity index (χ4v) is 2.28. The zero-order chi connectivity index (χ0) is 14.1. The van der Waals surface area contributed by atoms with Crippen molar-refractivity contribution in [2.75, 3.05) is 12.3 Å². The lowest BCUT2D eigenvalue weighted by Crippen LogP contribution is -2.39. The summed E-state index contributed by atoms with van der Waals surface area (Å²) in [5.74, 6) is 1.88. The number of para-hydroxylation sites is 2. The number of fused-ring (bicyclic) bond motifs is 1. The van der Waals surface area contributed by atoms with Crippen LogP contribution in [0.15, 0.2) is 36.5 Å². The molecule has 2 unspecified atom stereocenters. The van der Waals surface area contributed by atoms with Gasteiger partial charge in [-0.25, -0.2) is 4.98 Å². The second-order valence-electron chi connectivity index (χ2n) is 4.93. The maximum Gasteiger partial charge on any atom is 0.161 e. The molecule has 0 saturated carbocycles. The predicted molar refractivity (Wildman–Crippen MR) is 76.7 cm³/mol. The number of anilines is 1. The lowest BCUT2D eigenvalue weighted by Gasteiger charge is -2.30. The quantitative estimate of drug-likeness (QED) is 0.870. The average Bonchev–Trinajstić information content (AvgIpc) is 2.48. The van der Waals surface area contributed by atoms with Crippen molar-refractivity contribution in [2.45, 2.75) is 19.1 Å². The summed E-state index contributed by atoms with van der Waals surface area (Å²) in [5, 5.41) is 0. The predicted octanol–water partition coefficient (Wildman–Crippen LogP) is 1.81. The molecule has 2 aromatic rings. The molecule has 20 heavy (non-hydrogen) atoms. The topological polar surface area (TPSA) is 83.4 Å². The van der Waals surface area contributed by atoms with E-state index in [1.807, 2.05) is 37.3 Å². The number of hydrogen-bond acceptors (Lipinski definition) is 5. The Kier molecular flexibility index (Phi) is 3.20. The SMILES string of the molecule is Cc1cnc(N)c(C(N)C2COc3ccccc3O2)c1. The van der Waals surface area contributed by atoms with Gasteiger partial charge in [0, 0.05) is 11.8 Å². The van der Waals surface area contributed by atoms with Crippen LogP contribution in [0, 0.1) is 6.92 Å². The first kappa shape index (κ1) is 12.7. The molecule has 2 atom stereocenters. The summed E-state index contributed by atoms with van der Waals surface area (Å²) >= 11 is 0. The van der Waals surface area contributed by atoms with E-state index in [2.05, 4.69) is 4.98 Å². The van der Waals surface area contributed by atoms with E-state index in [0.717, 1.165) is 16.9 Å². The minimum absolute atomic E-state index is 0.282. The van der Waals surface area contributed by atoms with Crippen LogP contribution in [0.4, 0.5) is 5.82 Å². The smallest absolute Gasteiger partial charge is 0.161 e. The molecule has 5 nitrogen and oxygen atoms in total. The zero-order valence-corrected chi connectivity index (χ0v) is 11.2. The molecule has 104 valence electrons. The van der Waals surface area contributed by atoms with Crippen LogP contribution in [0.2, 0.25) is 0 Å². The van der Waals surface area contributed by atoms with E-state index in [-0.39, 0.29) is 12.1 Å². The summed E-state index contributed by atoms with van der Waals surface area (Å²) < 4.78 is 11.6. The number of hydrogen-bond donors (Lipinski definition) is 2. The van der Waals surface area contributed by atoms with Crippen LogP contribution < -0.4 is 20.9 Å². The molecule has 1 aliphatic rings. The summed E-state index contributed by atoms with van der Waals surface area (Å²) in [4.78, 5) is 4.14. The number of nitrogens with zero attached hydrogens (tertiary/aromatic N) is 1. The number of benzene rings is 1. The second kappa shape index (κ2) is 5.02. The van der Waals surface area contributed by atoms with Crippen molar-refractivity contribution in [3.05, 3.63) is 47.7 Å². The lowest BCUT2D eigenvalue weighted by molar-refractivity contribution is 0.0722. The van der Waals surface area contributed by atoms with Gasteiger partial charge in [0.15, 0.2) is 17.6 Å². The van der Waals surface area contributed by atoms with E-state index in [4.69, 9.17) is 20.9 Å². The summed E-state index contributed by atoms with van der Waals surface area (Å²) in [6.07, 6.45) is 1.44. The Labute approximate surface area is 117 Å². The van der Waals surface area contributed by atoms with Gasteiger partial charge in [-0.2, -0.15) is 0 Å². The lowest BCUT2D eigenvalue weighted by atomic mass is 10.0. The molecule has 0 bridgehead atoms. The van der Waals surface area contributed by atoms with Crippen molar-refractivity contribution >= 4 is 5.82 Å². The first-order valence-corrected chi connectivity index (χ1v) is 6.51. The van der Waals surface area contributed by atoms with E-state index in [9.17, 15) is 0 Å². The normalized spacial score (nSPS) is 18.6. The van der Waals surface area contributed by atoms with Crippen LogP contribution in [0.1, 0.15) is 17.2 Å². The number of pyridine rings is 1. The highest BCUT2D eigenvalue weighted by atomic mass is 16.6. The molecule has 4 N–H and O–H groups in total. The number of aromatic nitrogens is 1. The fraction of sp³-hybridized carbons (Fsp3) is 0.267. The first-order valence-electron chi connectivity index (χ1n) is 6.51. The van der Waals surface area contributed by atoms with Gasteiger partial charge in [-0.1, -0.05) is 12.1 Å². The summed E-state index contributed by atoms with van der Waals surface area (Å²) in [7, 11) is 0. The summed E-state index contributed by atoms with van der Waals surface area (Å²) in [5.41, 5.74) is 14.0. The van der Waals surface area contributed by atoms with E-state index in [1.54, 1.807) is 6.20 Å². The van der Waals surface area contributed by atoms with Crippen LogP contribution in [-0.4, -0.2) is 17.7 Å². The molecule has 0 radical (unpaired) electrons. The third kappa shape index (κ3) is 2.28. The van der Waals surface area contributed by atoms with Crippen molar-refractivity contribution < 1.29 is 9.47 Å². The van der Waals surface area contributed by atoms with Crippen molar-refractivity contribution in [2.24, 2.45) is 5.73 Å². The molecule has 3 rings (SSSR count). The van der Waals surface area contributed by atoms with E-state index in [1.165, 1.54) is 0 Å². The van der Waals surface area contributed by atoms with Crippen molar-refractivity contribution in [1.82, 2.24) is 4.98 Å². The van der Waals surface area contributed by atoms with Crippen LogP contribution >= 0.6 is 0 Å². The largest absolute Gasteiger partial charge is 0.486 e. The first-order chi connectivity index (χ1) is 9.65. The van der Waals surface area contributed by atoms with Gasteiger partial charge in [-0.15, -0.1) is 0 Å².